The third kappa shape index (κ3) is 1.79. The number of imide groups is 1. The van der Waals surface area contributed by atoms with Crippen LogP contribution in [0.2, 0.25) is 0 Å². The molecule has 0 aliphatic carbocycles. The van der Waals surface area contributed by atoms with Crippen molar-refractivity contribution in [2.75, 3.05) is 4.90 Å². The quantitative estimate of drug-likeness (QED) is 0.654. The van der Waals surface area contributed by atoms with Crippen LogP contribution < -0.4 is 10.2 Å². The molecule has 1 unspecified atom stereocenters. The topological polar surface area (TPSA) is 96.4 Å². The molecule has 2 aromatic rings. The van der Waals surface area contributed by atoms with Crippen molar-refractivity contribution in [2.24, 2.45) is 0 Å². The van der Waals surface area contributed by atoms with E-state index in [0.29, 0.717) is 34.0 Å². The summed E-state index contributed by atoms with van der Waals surface area (Å²) >= 11 is 0. The maximum Gasteiger partial charge on any atom is 0.260 e. The molecule has 2 aliphatic rings. The molecule has 1 saturated heterocycles. The summed E-state index contributed by atoms with van der Waals surface area (Å²) in [4.78, 5) is 52.9. The van der Waals surface area contributed by atoms with E-state index in [1.165, 1.54) is 11.1 Å². The number of aldehydes is 1. The third-order valence-corrected chi connectivity index (χ3v) is 4.25. The summed E-state index contributed by atoms with van der Waals surface area (Å²) in [6.07, 6.45) is 2.51. The fraction of sp³-hybridized carbons (Fsp3) is 0.188. The first-order chi connectivity index (χ1) is 11.1. The van der Waals surface area contributed by atoms with Crippen LogP contribution in [0.25, 0.3) is 10.8 Å². The molecule has 2 aliphatic heterocycles. The van der Waals surface area contributed by atoms with Gasteiger partial charge in [0.15, 0.2) is 6.29 Å². The van der Waals surface area contributed by atoms with Crippen LogP contribution in [0.3, 0.4) is 0 Å². The standard InChI is InChI=1S/C16H11N3O4/c20-7-8-6-17-14-13-9(8)2-1-3-10(13)16(23)19(14)11-4-5-12(21)18-15(11)22/h1-3,6-7,11H,4-5H2,(H,18,21,22). The van der Waals surface area contributed by atoms with Crippen LogP contribution in [0.1, 0.15) is 33.6 Å². The first-order valence-electron chi connectivity index (χ1n) is 7.16. The number of hydrogen-bond donors (Lipinski definition) is 1. The van der Waals surface area contributed by atoms with Gasteiger partial charge in [-0.05, 0) is 17.9 Å². The Labute approximate surface area is 130 Å². The number of rotatable bonds is 2. The fourth-order valence-corrected chi connectivity index (χ4v) is 3.20. The van der Waals surface area contributed by atoms with Gasteiger partial charge >= 0.3 is 0 Å². The minimum absolute atomic E-state index is 0.173. The number of carbonyl (C=O) groups is 4. The van der Waals surface area contributed by atoms with E-state index in [9.17, 15) is 19.2 Å². The molecule has 4 rings (SSSR count). The third-order valence-electron chi connectivity index (χ3n) is 4.25. The van der Waals surface area contributed by atoms with Gasteiger partial charge in [0.25, 0.3) is 5.91 Å². The zero-order valence-corrected chi connectivity index (χ0v) is 11.9. The first kappa shape index (κ1) is 13.6. The van der Waals surface area contributed by atoms with E-state index in [1.54, 1.807) is 18.2 Å². The van der Waals surface area contributed by atoms with E-state index in [-0.39, 0.29) is 24.7 Å². The van der Waals surface area contributed by atoms with Gasteiger partial charge in [0.05, 0.1) is 5.56 Å². The Bertz CT molecular complexity index is 906. The van der Waals surface area contributed by atoms with Crippen molar-refractivity contribution in [1.29, 1.82) is 0 Å². The van der Waals surface area contributed by atoms with E-state index in [0.717, 1.165) is 0 Å². The number of nitrogens with one attached hydrogen (secondary N) is 1. The molecule has 1 aromatic carbocycles. The normalized spacial score (nSPS) is 20.1. The lowest BCUT2D eigenvalue weighted by Gasteiger charge is -2.29. The molecule has 23 heavy (non-hydrogen) atoms. The fourth-order valence-electron chi connectivity index (χ4n) is 3.20. The number of piperidine rings is 1. The summed E-state index contributed by atoms with van der Waals surface area (Å²) in [5, 5.41) is 3.46. The van der Waals surface area contributed by atoms with Gasteiger partial charge in [-0.2, -0.15) is 0 Å². The molecule has 0 bridgehead atoms. The minimum atomic E-state index is -0.773. The molecule has 7 nitrogen and oxygen atoms in total. The van der Waals surface area contributed by atoms with E-state index >= 15 is 0 Å². The van der Waals surface area contributed by atoms with E-state index in [1.807, 2.05) is 0 Å². The number of nitrogens with zero attached hydrogens (tertiary/aromatic N) is 2. The number of pyridine rings is 1. The van der Waals surface area contributed by atoms with Crippen molar-refractivity contribution >= 4 is 40.6 Å². The Morgan fingerprint density at radius 1 is 1.26 bits per heavy atom. The van der Waals surface area contributed by atoms with Crippen LogP contribution in [-0.4, -0.2) is 35.0 Å². The summed E-state index contributed by atoms with van der Waals surface area (Å²) in [5.41, 5.74) is 0.807. The predicted octanol–water partition coefficient (Wildman–Crippen LogP) is 0.813. The lowest BCUT2D eigenvalue weighted by atomic mass is 10.0. The Morgan fingerprint density at radius 3 is 2.83 bits per heavy atom. The molecule has 0 saturated carbocycles. The van der Waals surface area contributed by atoms with Gasteiger partial charge in [-0.1, -0.05) is 12.1 Å². The van der Waals surface area contributed by atoms with Crippen molar-refractivity contribution in [3.8, 4) is 0 Å². The molecule has 3 heterocycles. The van der Waals surface area contributed by atoms with Crippen molar-refractivity contribution in [3.63, 3.8) is 0 Å². The largest absolute Gasteiger partial charge is 0.298 e. The van der Waals surface area contributed by atoms with Crippen molar-refractivity contribution in [2.45, 2.75) is 18.9 Å². The Morgan fingerprint density at radius 2 is 2.09 bits per heavy atom. The maximum absolute atomic E-state index is 12.7. The molecular formula is C16H11N3O4. The first-order valence-corrected chi connectivity index (χ1v) is 7.16. The molecule has 1 aromatic heterocycles. The molecule has 114 valence electrons. The highest BCUT2D eigenvalue weighted by Crippen LogP contribution is 2.38. The molecule has 1 atom stereocenters. The molecule has 7 heteroatoms. The van der Waals surface area contributed by atoms with Crippen LogP contribution in [0.15, 0.2) is 24.4 Å². The molecule has 1 N–H and O–H groups in total. The second-order valence-corrected chi connectivity index (χ2v) is 5.53. The number of anilines is 1. The number of aromatic nitrogens is 1. The average Bonchev–Trinajstić information content (AvgIpc) is 2.83. The zero-order chi connectivity index (χ0) is 16.1. The summed E-state index contributed by atoms with van der Waals surface area (Å²) in [5.74, 6) is -0.821. The summed E-state index contributed by atoms with van der Waals surface area (Å²) in [6.45, 7) is 0. The molecule has 0 spiro atoms. The van der Waals surface area contributed by atoms with Gasteiger partial charge in [-0.3, -0.25) is 29.4 Å². The van der Waals surface area contributed by atoms with Crippen molar-refractivity contribution < 1.29 is 19.2 Å². The van der Waals surface area contributed by atoms with Gasteiger partial charge in [0.2, 0.25) is 11.8 Å². The van der Waals surface area contributed by atoms with Gasteiger partial charge in [-0.15, -0.1) is 0 Å². The number of hydrogen-bond acceptors (Lipinski definition) is 5. The highest BCUT2D eigenvalue weighted by Gasteiger charge is 2.41. The van der Waals surface area contributed by atoms with E-state index in [2.05, 4.69) is 10.3 Å². The molecular weight excluding hydrogens is 298 g/mol. The Balaban J connectivity index is 1.90. The average molecular weight is 309 g/mol. The Kier molecular flexibility index (Phi) is 2.77. The van der Waals surface area contributed by atoms with Crippen LogP contribution >= 0.6 is 0 Å². The van der Waals surface area contributed by atoms with Crippen molar-refractivity contribution in [3.05, 3.63) is 35.5 Å². The Hall–Kier alpha value is -3.09. The molecule has 0 radical (unpaired) electrons. The predicted molar refractivity (Wildman–Crippen MR) is 80.1 cm³/mol. The number of carbonyl (C=O) groups excluding carboxylic acids is 4. The van der Waals surface area contributed by atoms with Gasteiger partial charge in [0, 0.05) is 23.6 Å². The van der Waals surface area contributed by atoms with Gasteiger partial charge in [0.1, 0.15) is 11.9 Å². The van der Waals surface area contributed by atoms with Crippen LogP contribution in [0, 0.1) is 0 Å². The van der Waals surface area contributed by atoms with E-state index in [4.69, 9.17) is 0 Å². The smallest absolute Gasteiger partial charge is 0.260 e. The number of amides is 3. The van der Waals surface area contributed by atoms with E-state index < -0.39 is 11.9 Å². The summed E-state index contributed by atoms with van der Waals surface area (Å²) in [7, 11) is 0. The van der Waals surface area contributed by atoms with Crippen LogP contribution in [0.4, 0.5) is 5.82 Å². The maximum atomic E-state index is 12.7. The highest BCUT2D eigenvalue weighted by atomic mass is 16.2. The summed E-state index contributed by atoms with van der Waals surface area (Å²) in [6, 6.07) is 4.32. The molecule has 1 fully saturated rings. The second-order valence-electron chi connectivity index (χ2n) is 5.53. The lowest BCUT2D eigenvalue weighted by molar-refractivity contribution is -0.134. The minimum Gasteiger partial charge on any atom is -0.298 e. The lowest BCUT2D eigenvalue weighted by Crippen LogP contribution is -2.53. The number of benzene rings is 1. The van der Waals surface area contributed by atoms with Crippen LogP contribution in [-0.2, 0) is 9.59 Å². The van der Waals surface area contributed by atoms with Crippen molar-refractivity contribution in [1.82, 2.24) is 10.3 Å². The van der Waals surface area contributed by atoms with Crippen LogP contribution in [0.5, 0.6) is 0 Å². The van der Waals surface area contributed by atoms with Gasteiger partial charge < -0.3 is 0 Å². The van der Waals surface area contributed by atoms with Gasteiger partial charge in [-0.25, -0.2) is 4.98 Å². The zero-order valence-electron chi connectivity index (χ0n) is 11.9. The highest BCUT2D eigenvalue weighted by molar-refractivity contribution is 6.27. The SMILES string of the molecule is O=Cc1cnc2c3c(cccc13)C(=O)N2C1CCC(=O)NC1=O. The summed E-state index contributed by atoms with van der Waals surface area (Å²) < 4.78 is 0. The monoisotopic (exact) mass is 309 g/mol. The second kappa shape index (κ2) is 4.70. The molecule has 3 amide bonds.